The molecule has 0 aromatic heterocycles. The van der Waals surface area contributed by atoms with E-state index >= 15 is 0 Å². The number of ether oxygens (including phenoxy) is 1. The average Bonchev–Trinajstić information content (AvgIpc) is 2.29. The zero-order valence-corrected chi connectivity index (χ0v) is 11.0. The molecular formula is C12H18ClFN2O2. The molecule has 102 valence electrons. The smallest absolute Gasteiger partial charge is 0.260 e. The van der Waals surface area contributed by atoms with E-state index in [1.807, 2.05) is 0 Å². The van der Waals surface area contributed by atoms with Gasteiger partial charge in [0.15, 0.2) is 6.10 Å². The maximum Gasteiger partial charge on any atom is 0.260 e. The van der Waals surface area contributed by atoms with Crippen LogP contribution in [0.2, 0.25) is 0 Å². The van der Waals surface area contributed by atoms with Gasteiger partial charge in [0.1, 0.15) is 11.6 Å². The van der Waals surface area contributed by atoms with Crippen LogP contribution in [0.5, 0.6) is 5.75 Å². The number of carbonyl (C=O) groups is 1. The molecule has 0 spiro atoms. The van der Waals surface area contributed by atoms with E-state index in [2.05, 4.69) is 5.32 Å². The first-order valence-electron chi connectivity index (χ1n) is 5.53. The standard InChI is InChI=1S/C12H17FN2O2.ClH/c1-9(12(16)15-7-3-6-14)17-11-5-2-4-10(13)8-11;/h2,4-5,8-9H,3,6-7,14H2,1H3,(H,15,16);1H. The van der Waals surface area contributed by atoms with Gasteiger partial charge in [-0.1, -0.05) is 6.07 Å². The zero-order valence-electron chi connectivity index (χ0n) is 10.2. The van der Waals surface area contributed by atoms with Crippen molar-refractivity contribution in [1.29, 1.82) is 0 Å². The fourth-order valence-electron chi connectivity index (χ4n) is 1.26. The molecule has 1 unspecified atom stereocenters. The second-order valence-electron chi connectivity index (χ2n) is 3.65. The molecule has 18 heavy (non-hydrogen) atoms. The lowest BCUT2D eigenvalue weighted by Gasteiger charge is -2.14. The van der Waals surface area contributed by atoms with Crippen LogP contribution in [0.1, 0.15) is 13.3 Å². The molecule has 0 bridgehead atoms. The summed E-state index contributed by atoms with van der Waals surface area (Å²) in [5, 5.41) is 2.68. The van der Waals surface area contributed by atoms with Crippen molar-refractivity contribution >= 4 is 18.3 Å². The molecule has 6 heteroatoms. The predicted octanol–water partition coefficient (Wildman–Crippen LogP) is 1.48. The number of benzene rings is 1. The van der Waals surface area contributed by atoms with E-state index in [9.17, 15) is 9.18 Å². The summed E-state index contributed by atoms with van der Waals surface area (Å²) in [7, 11) is 0. The van der Waals surface area contributed by atoms with Crippen molar-refractivity contribution in [2.24, 2.45) is 5.73 Å². The number of hydrogen-bond acceptors (Lipinski definition) is 3. The van der Waals surface area contributed by atoms with Gasteiger partial charge in [0.2, 0.25) is 0 Å². The highest BCUT2D eigenvalue weighted by Gasteiger charge is 2.13. The van der Waals surface area contributed by atoms with Gasteiger partial charge in [0, 0.05) is 12.6 Å². The maximum atomic E-state index is 12.9. The van der Waals surface area contributed by atoms with Crippen LogP contribution in [-0.2, 0) is 4.79 Å². The Labute approximate surface area is 112 Å². The molecule has 1 atom stereocenters. The Morgan fingerprint density at radius 1 is 1.56 bits per heavy atom. The SMILES string of the molecule is CC(Oc1cccc(F)c1)C(=O)NCCCN.Cl. The lowest BCUT2D eigenvalue weighted by atomic mass is 10.3. The van der Waals surface area contributed by atoms with Crippen LogP contribution in [0, 0.1) is 5.82 Å². The van der Waals surface area contributed by atoms with Crippen LogP contribution in [0.15, 0.2) is 24.3 Å². The predicted molar refractivity (Wildman–Crippen MR) is 70.4 cm³/mol. The van der Waals surface area contributed by atoms with Gasteiger partial charge in [-0.15, -0.1) is 12.4 Å². The minimum Gasteiger partial charge on any atom is -0.481 e. The molecule has 0 fully saturated rings. The first-order chi connectivity index (χ1) is 8.13. The van der Waals surface area contributed by atoms with Crippen molar-refractivity contribution in [2.45, 2.75) is 19.4 Å². The number of nitrogens with one attached hydrogen (secondary N) is 1. The summed E-state index contributed by atoms with van der Waals surface area (Å²) in [6.07, 6.45) is 0.0629. The Kier molecular flexibility index (Phi) is 8.07. The molecule has 0 saturated carbocycles. The van der Waals surface area contributed by atoms with Crippen LogP contribution < -0.4 is 15.8 Å². The Bertz CT molecular complexity index is 377. The third-order valence-corrected chi connectivity index (χ3v) is 2.16. The van der Waals surface area contributed by atoms with E-state index in [4.69, 9.17) is 10.5 Å². The van der Waals surface area contributed by atoms with Crippen LogP contribution in [-0.4, -0.2) is 25.1 Å². The van der Waals surface area contributed by atoms with Crippen molar-refractivity contribution in [2.75, 3.05) is 13.1 Å². The van der Waals surface area contributed by atoms with Gasteiger partial charge in [0.05, 0.1) is 0 Å². The topological polar surface area (TPSA) is 64.3 Å². The first kappa shape index (κ1) is 16.7. The summed E-state index contributed by atoms with van der Waals surface area (Å²) in [5.74, 6) is -0.285. The Hall–Kier alpha value is -1.33. The van der Waals surface area contributed by atoms with E-state index < -0.39 is 11.9 Å². The van der Waals surface area contributed by atoms with E-state index in [1.165, 1.54) is 18.2 Å². The van der Waals surface area contributed by atoms with Gasteiger partial charge >= 0.3 is 0 Å². The van der Waals surface area contributed by atoms with E-state index in [-0.39, 0.29) is 18.3 Å². The fraction of sp³-hybridized carbons (Fsp3) is 0.417. The molecule has 1 aromatic carbocycles. The minimum atomic E-state index is -0.658. The summed E-state index contributed by atoms with van der Waals surface area (Å²) < 4.78 is 18.2. The number of carbonyl (C=O) groups excluding carboxylic acids is 1. The molecule has 0 aliphatic carbocycles. The van der Waals surface area contributed by atoms with Crippen molar-refractivity contribution in [3.63, 3.8) is 0 Å². The van der Waals surface area contributed by atoms with Gasteiger partial charge in [-0.2, -0.15) is 0 Å². The number of rotatable bonds is 6. The van der Waals surface area contributed by atoms with E-state index in [0.717, 1.165) is 6.42 Å². The number of amides is 1. The second kappa shape index (κ2) is 8.72. The van der Waals surface area contributed by atoms with Gasteiger partial charge in [-0.3, -0.25) is 4.79 Å². The minimum absolute atomic E-state index is 0. The molecule has 0 radical (unpaired) electrons. The van der Waals surface area contributed by atoms with Crippen molar-refractivity contribution < 1.29 is 13.9 Å². The van der Waals surface area contributed by atoms with Crippen molar-refractivity contribution in [1.82, 2.24) is 5.32 Å². The molecule has 1 aromatic rings. The van der Waals surface area contributed by atoms with Gasteiger partial charge < -0.3 is 15.8 Å². The Balaban J connectivity index is 0.00000289. The summed E-state index contributed by atoms with van der Waals surface area (Å²) in [4.78, 5) is 11.5. The molecule has 3 N–H and O–H groups in total. The third-order valence-electron chi connectivity index (χ3n) is 2.16. The Morgan fingerprint density at radius 2 is 2.28 bits per heavy atom. The highest BCUT2D eigenvalue weighted by molar-refractivity contribution is 5.85. The Morgan fingerprint density at radius 3 is 2.89 bits per heavy atom. The average molecular weight is 277 g/mol. The number of hydrogen-bond donors (Lipinski definition) is 2. The lowest BCUT2D eigenvalue weighted by Crippen LogP contribution is -2.37. The normalized spacial score (nSPS) is 11.3. The molecular weight excluding hydrogens is 259 g/mol. The van der Waals surface area contributed by atoms with Crippen molar-refractivity contribution in [3.05, 3.63) is 30.1 Å². The quantitative estimate of drug-likeness (QED) is 0.774. The van der Waals surface area contributed by atoms with Crippen LogP contribution in [0.4, 0.5) is 4.39 Å². The molecule has 0 aliphatic heterocycles. The highest BCUT2D eigenvalue weighted by atomic mass is 35.5. The van der Waals surface area contributed by atoms with Gasteiger partial charge in [-0.05, 0) is 32.0 Å². The fourth-order valence-corrected chi connectivity index (χ4v) is 1.26. The van der Waals surface area contributed by atoms with Crippen molar-refractivity contribution in [3.8, 4) is 5.75 Å². The summed E-state index contributed by atoms with van der Waals surface area (Å²) in [5.41, 5.74) is 5.31. The molecule has 0 saturated heterocycles. The second-order valence-corrected chi connectivity index (χ2v) is 3.65. The van der Waals surface area contributed by atoms with E-state index in [0.29, 0.717) is 18.8 Å². The monoisotopic (exact) mass is 276 g/mol. The maximum absolute atomic E-state index is 12.9. The lowest BCUT2D eigenvalue weighted by molar-refractivity contribution is -0.127. The number of nitrogens with two attached hydrogens (primary N) is 1. The van der Waals surface area contributed by atoms with Gasteiger partial charge in [-0.25, -0.2) is 4.39 Å². The van der Waals surface area contributed by atoms with Gasteiger partial charge in [0.25, 0.3) is 5.91 Å². The zero-order chi connectivity index (χ0) is 12.7. The summed E-state index contributed by atoms with van der Waals surface area (Å²) in [6, 6.07) is 5.69. The number of halogens is 2. The largest absolute Gasteiger partial charge is 0.481 e. The summed E-state index contributed by atoms with van der Waals surface area (Å²) in [6.45, 7) is 2.66. The first-order valence-corrected chi connectivity index (χ1v) is 5.53. The third kappa shape index (κ3) is 5.84. The van der Waals surface area contributed by atoms with Crippen LogP contribution in [0.3, 0.4) is 0 Å². The van der Waals surface area contributed by atoms with E-state index in [1.54, 1.807) is 13.0 Å². The summed E-state index contributed by atoms with van der Waals surface area (Å²) >= 11 is 0. The van der Waals surface area contributed by atoms with Crippen LogP contribution >= 0.6 is 12.4 Å². The molecule has 0 aliphatic rings. The molecule has 4 nitrogen and oxygen atoms in total. The van der Waals surface area contributed by atoms with Crippen LogP contribution in [0.25, 0.3) is 0 Å². The molecule has 1 rings (SSSR count). The molecule has 0 heterocycles. The molecule has 1 amide bonds. The highest BCUT2D eigenvalue weighted by Crippen LogP contribution is 2.13.